The van der Waals surface area contributed by atoms with Gasteiger partial charge in [0.1, 0.15) is 0 Å². The highest BCUT2D eigenvalue weighted by Crippen LogP contribution is 2.36. The number of aromatic carboxylic acids is 1. The first-order chi connectivity index (χ1) is 6.68. The topological polar surface area (TPSA) is 37.3 Å². The molecule has 72 valence electrons. The highest BCUT2D eigenvalue weighted by Gasteiger charge is 2.11. The van der Waals surface area contributed by atoms with Crippen molar-refractivity contribution >= 4 is 40.2 Å². The lowest BCUT2D eigenvalue weighted by Gasteiger charge is -1.90. The Morgan fingerprint density at radius 2 is 2.21 bits per heavy atom. The normalized spacial score (nSPS) is 10.4. The molecule has 0 spiro atoms. The van der Waals surface area contributed by atoms with E-state index in [1.54, 1.807) is 11.4 Å². The molecule has 2 aromatic heterocycles. The number of halogens is 1. The summed E-state index contributed by atoms with van der Waals surface area (Å²) < 4.78 is 0. The maximum Gasteiger partial charge on any atom is 0.336 e. The van der Waals surface area contributed by atoms with Crippen molar-refractivity contribution in [2.24, 2.45) is 0 Å². The van der Waals surface area contributed by atoms with Crippen LogP contribution in [0.25, 0.3) is 9.75 Å². The van der Waals surface area contributed by atoms with E-state index in [4.69, 9.17) is 16.7 Å². The lowest BCUT2D eigenvalue weighted by Crippen LogP contribution is -1.91. The van der Waals surface area contributed by atoms with Crippen LogP contribution in [0.1, 0.15) is 10.4 Å². The molecule has 0 fully saturated rings. The van der Waals surface area contributed by atoms with Crippen LogP contribution in [0.2, 0.25) is 5.02 Å². The van der Waals surface area contributed by atoms with Crippen molar-refractivity contribution < 1.29 is 9.90 Å². The van der Waals surface area contributed by atoms with Gasteiger partial charge in [0.2, 0.25) is 0 Å². The maximum absolute atomic E-state index is 10.6. The minimum Gasteiger partial charge on any atom is -0.478 e. The second kappa shape index (κ2) is 3.73. The van der Waals surface area contributed by atoms with Crippen LogP contribution in [-0.4, -0.2) is 11.1 Å². The van der Waals surface area contributed by atoms with Gasteiger partial charge in [-0.25, -0.2) is 4.79 Å². The summed E-state index contributed by atoms with van der Waals surface area (Å²) in [5.41, 5.74) is 0.314. The molecule has 14 heavy (non-hydrogen) atoms. The van der Waals surface area contributed by atoms with Gasteiger partial charge in [-0.15, -0.1) is 22.7 Å². The average Bonchev–Trinajstić information content (AvgIpc) is 2.71. The summed E-state index contributed by atoms with van der Waals surface area (Å²) in [7, 11) is 0. The van der Waals surface area contributed by atoms with Crippen molar-refractivity contribution in [1.29, 1.82) is 0 Å². The molecule has 0 saturated heterocycles. The molecule has 0 amide bonds. The first-order valence-corrected chi connectivity index (χ1v) is 5.87. The SMILES string of the molecule is O=C(O)c1csc(-c2sccc2Cl)c1. The zero-order valence-electron chi connectivity index (χ0n) is 6.86. The molecule has 0 radical (unpaired) electrons. The molecule has 2 aromatic rings. The summed E-state index contributed by atoms with van der Waals surface area (Å²) in [6.07, 6.45) is 0. The minimum atomic E-state index is -0.903. The Bertz CT molecular complexity index is 473. The van der Waals surface area contributed by atoms with Crippen LogP contribution < -0.4 is 0 Å². The number of thiophene rings is 2. The molecule has 2 rings (SSSR count). The van der Waals surface area contributed by atoms with Gasteiger partial charge in [0.05, 0.1) is 15.5 Å². The van der Waals surface area contributed by atoms with Gasteiger partial charge in [0.25, 0.3) is 0 Å². The quantitative estimate of drug-likeness (QED) is 0.872. The Morgan fingerprint density at radius 3 is 2.71 bits per heavy atom. The summed E-state index contributed by atoms with van der Waals surface area (Å²) in [4.78, 5) is 12.5. The van der Waals surface area contributed by atoms with Gasteiger partial charge in [0, 0.05) is 10.3 Å². The monoisotopic (exact) mass is 244 g/mol. The van der Waals surface area contributed by atoms with Gasteiger partial charge >= 0.3 is 5.97 Å². The Hall–Kier alpha value is -0.840. The number of carboxylic acid groups (broad SMARTS) is 1. The number of rotatable bonds is 2. The summed E-state index contributed by atoms with van der Waals surface area (Å²) in [5, 5.41) is 12.9. The molecular formula is C9H5ClO2S2. The molecule has 0 aliphatic heterocycles. The van der Waals surface area contributed by atoms with Crippen LogP contribution in [-0.2, 0) is 0 Å². The molecule has 5 heteroatoms. The van der Waals surface area contributed by atoms with E-state index in [1.807, 2.05) is 11.4 Å². The molecule has 1 N–H and O–H groups in total. The Kier molecular flexibility index (Phi) is 2.58. The molecule has 0 bridgehead atoms. The summed E-state index contributed by atoms with van der Waals surface area (Å²) >= 11 is 8.84. The fourth-order valence-electron chi connectivity index (χ4n) is 1.04. The van der Waals surface area contributed by atoms with Gasteiger partial charge in [-0.05, 0) is 17.5 Å². The Balaban J connectivity index is 2.43. The van der Waals surface area contributed by atoms with Gasteiger partial charge in [-0.3, -0.25) is 0 Å². The average molecular weight is 245 g/mol. The van der Waals surface area contributed by atoms with E-state index in [1.165, 1.54) is 22.7 Å². The van der Waals surface area contributed by atoms with Crippen LogP contribution in [0.4, 0.5) is 0 Å². The van der Waals surface area contributed by atoms with Gasteiger partial charge < -0.3 is 5.11 Å². The molecule has 2 heterocycles. The van der Waals surface area contributed by atoms with Crippen LogP contribution >= 0.6 is 34.3 Å². The first kappa shape index (κ1) is 9.71. The van der Waals surface area contributed by atoms with Crippen LogP contribution in [0.3, 0.4) is 0 Å². The van der Waals surface area contributed by atoms with Crippen LogP contribution in [0, 0.1) is 0 Å². The summed E-state index contributed by atoms with van der Waals surface area (Å²) in [5.74, 6) is -0.903. The van der Waals surface area contributed by atoms with E-state index in [0.29, 0.717) is 10.6 Å². The van der Waals surface area contributed by atoms with Crippen molar-refractivity contribution in [1.82, 2.24) is 0 Å². The van der Waals surface area contributed by atoms with Gasteiger partial charge in [0.15, 0.2) is 0 Å². The second-order valence-electron chi connectivity index (χ2n) is 2.60. The molecule has 0 unspecified atom stereocenters. The van der Waals surface area contributed by atoms with Crippen molar-refractivity contribution in [2.45, 2.75) is 0 Å². The first-order valence-electron chi connectivity index (χ1n) is 3.73. The fraction of sp³-hybridized carbons (Fsp3) is 0. The standard InChI is InChI=1S/C9H5ClO2S2/c10-6-1-2-13-8(6)7-3-5(4-14-7)9(11)12/h1-4H,(H,11,12). The highest BCUT2D eigenvalue weighted by molar-refractivity contribution is 7.21. The number of hydrogen-bond donors (Lipinski definition) is 1. The third kappa shape index (κ3) is 1.68. The van der Waals surface area contributed by atoms with Crippen molar-refractivity contribution in [2.75, 3.05) is 0 Å². The smallest absolute Gasteiger partial charge is 0.336 e. The number of carboxylic acids is 1. The third-order valence-corrected chi connectivity index (χ3v) is 4.14. The zero-order chi connectivity index (χ0) is 10.1. The van der Waals surface area contributed by atoms with E-state index in [2.05, 4.69) is 0 Å². The third-order valence-electron chi connectivity index (χ3n) is 1.69. The second-order valence-corrected chi connectivity index (χ2v) is 4.84. The van der Waals surface area contributed by atoms with Crippen molar-refractivity contribution in [3.8, 4) is 9.75 Å². The largest absolute Gasteiger partial charge is 0.478 e. The van der Waals surface area contributed by atoms with Crippen molar-refractivity contribution in [3.05, 3.63) is 33.5 Å². The minimum absolute atomic E-state index is 0.314. The number of carbonyl (C=O) groups is 1. The molecule has 0 aliphatic carbocycles. The highest BCUT2D eigenvalue weighted by atomic mass is 35.5. The van der Waals surface area contributed by atoms with E-state index >= 15 is 0 Å². The molecule has 0 aromatic carbocycles. The van der Waals surface area contributed by atoms with Gasteiger partial charge in [-0.2, -0.15) is 0 Å². The lowest BCUT2D eigenvalue weighted by atomic mass is 10.3. The molecular weight excluding hydrogens is 240 g/mol. The van der Waals surface area contributed by atoms with Gasteiger partial charge in [-0.1, -0.05) is 11.6 Å². The predicted octanol–water partition coefficient (Wildman–Crippen LogP) is 3.83. The lowest BCUT2D eigenvalue weighted by molar-refractivity contribution is 0.0697. The number of hydrogen-bond acceptors (Lipinski definition) is 3. The van der Waals surface area contributed by atoms with E-state index in [-0.39, 0.29) is 0 Å². The van der Waals surface area contributed by atoms with Crippen molar-refractivity contribution in [3.63, 3.8) is 0 Å². The van der Waals surface area contributed by atoms with Crippen LogP contribution in [0.5, 0.6) is 0 Å². The molecule has 2 nitrogen and oxygen atoms in total. The summed E-state index contributed by atoms with van der Waals surface area (Å²) in [6, 6.07) is 3.45. The zero-order valence-corrected chi connectivity index (χ0v) is 9.25. The van der Waals surface area contributed by atoms with E-state index in [9.17, 15) is 4.79 Å². The van der Waals surface area contributed by atoms with Crippen LogP contribution in [0.15, 0.2) is 22.9 Å². The molecule has 0 saturated carbocycles. The Labute approximate surface area is 93.4 Å². The molecule has 0 atom stereocenters. The maximum atomic E-state index is 10.6. The van der Waals surface area contributed by atoms with E-state index < -0.39 is 5.97 Å². The predicted molar refractivity (Wildman–Crippen MR) is 59.6 cm³/mol. The fourth-order valence-corrected chi connectivity index (χ4v) is 3.29. The molecule has 0 aliphatic rings. The summed E-state index contributed by atoms with van der Waals surface area (Å²) in [6.45, 7) is 0. The Morgan fingerprint density at radius 1 is 1.43 bits per heavy atom. The van der Waals surface area contributed by atoms with E-state index in [0.717, 1.165) is 9.75 Å².